The largest absolute Gasteiger partial charge is 0.327 e. The van der Waals surface area contributed by atoms with Crippen molar-refractivity contribution in [3.63, 3.8) is 0 Å². The minimum Gasteiger partial charge on any atom is -0.327 e. The monoisotopic (exact) mass is 289 g/mol. The molecule has 2 N–H and O–H groups in total. The number of nitrogens with two attached hydrogens (primary N) is 1. The summed E-state index contributed by atoms with van der Waals surface area (Å²) in [6.07, 6.45) is 2.83. The fraction of sp³-hybridized carbons (Fsp3) is 0.571. The first-order chi connectivity index (χ1) is 8.46. The van der Waals surface area contributed by atoms with Crippen molar-refractivity contribution < 1.29 is 4.39 Å². The van der Waals surface area contributed by atoms with Crippen molar-refractivity contribution in [2.24, 2.45) is 11.1 Å². The Hall–Kier alpha value is -0.310. The highest BCUT2D eigenvalue weighted by Gasteiger charge is 2.51. The molecule has 1 fully saturated rings. The van der Waals surface area contributed by atoms with Crippen molar-refractivity contribution >= 4 is 23.2 Å². The lowest BCUT2D eigenvalue weighted by molar-refractivity contribution is 0.0437. The lowest BCUT2D eigenvalue weighted by atomic mass is 9.52. The third kappa shape index (κ3) is 1.95. The topological polar surface area (TPSA) is 26.0 Å². The molecule has 1 aromatic rings. The highest BCUT2D eigenvalue weighted by atomic mass is 35.5. The van der Waals surface area contributed by atoms with Gasteiger partial charge in [0.2, 0.25) is 0 Å². The summed E-state index contributed by atoms with van der Waals surface area (Å²) in [5.41, 5.74) is 7.06. The highest BCUT2D eigenvalue weighted by Crippen LogP contribution is 2.57. The van der Waals surface area contributed by atoms with Crippen molar-refractivity contribution in [1.82, 2.24) is 0 Å². The zero-order valence-corrected chi connectivity index (χ0v) is 12.2. The van der Waals surface area contributed by atoms with Crippen LogP contribution in [0.4, 0.5) is 4.39 Å². The SMILES string of the molecule is CCC1(CC)C(N)CC1c1cc(F)c(Cl)cc1Cl. The molecule has 0 saturated heterocycles. The summed E-state index contributed by atoms with van der Waals surface area (Å²) in [4.78, 5) is 0. The van der Waals surface area contributed by atoms with E-state index in [1.54, 1.807) is 0 Å². The number of benzene rings is 1. The Morgan fingerprint density at radius 1 is 1.28 bits per heavy atom. The Morgan fingerprint density at radius 3 is 2.39 bits per heavy atom. The Balaban J connectivity index is 2.41. The predicted octanol–water partition coefficient (Wildman–Crippen LogP) is 4.75. The van der Waals surface area contributed by atoms with Gasteiger partial charge in [0.1, 0.15) is 5.82 Å². The van der Waals surface area contributed by atoms with E-state index in [9.17, 15) is 4.39 Å². The quantitative estimate of drug-likeness (QED) is 0.798. The summed E-state index contributed by atoms with van der Waals surface area (Å²) >= 11 is 11.9. The zero-order chi connectivity index (χ0) is 13.5. The minimum atomic E-state index is -0.405. The van der Waals surface area contributed by atoms with Gasteiger partial charge in [-0.25, -0.2) is 4.39 Å². The maximum absolute atomic E-state index is 13.6. The van der Waals surface area contributed by atoms with E-state index in [1.807, 2.05) is 0 Å². The first kappa shape index (κ1) is 14.1. The van der Waals surface area contributed by atoms with Crippen LogP contribution < -0.4 is 5.73 Å². The summed E-state index contributed by atoms with van der Waals surface area (Å²) in [6.45, 7) is 4.27. The maximum atomic E-state index is 13.6. The van der Waals surface area contributed by atoms with E-state index in [2.05, 4.69) is 13.8 Å². The van der Waals surface area contributed by atoms with Crippen LogP contribution in [0.1, 0.15) is 44.6 Å². The van der Waals surface area contributed by atoms with Crippen molar-refractivity contribution in [3.05, 3.63) is 33.6 Å². The fourth-order valence-corrected chi connectivity index (χ4v) is 3.84. The summed E-state index contributed by atoms with van der Waals surface area (Å²) in [5.74, 6) is -0.167. The molecule has 2 atom stereocenters. The molecule has 4 heteroatoms. The van der Waals surface area contributed by atoms with Gasteiger partial charge >= 0.3 is 0 Å². The van der Waals surface area contributed by atoms with Gasteiger partial charge in [-0.15, -0.1) is 0 Å². The first-order valence-electron chi connectivity index (χ1n) is 6.36. The molecule has 0 bridgehead atoms. The molecule has 0 aromatic heterocycles. The Kier molecular flexibility index (Phi) is 3.91. The molecule has 1 saturated carbocycles. The number of rotatable bonds is 3. The van der Waals surface area contributed by atoms with E-state index in [0.29, 0.717) is 5.02 Å². The van der Waals surface area contributed by atoms with Crippen LogP contribution in [0, 0.1) is 11.2 Å². The average Bonchev–Trinajstić information content (AvgIpc) is 2.33. The van der Waals surface area contributed by atoms with Crippen LogP contribution in [0.15, 0.2) is 12.1 Å². The molecule has 2 unspecified atom stereocenters. The van der Waals surface area contributed by atoms with Crippen LogP contribution >= 0.6 is 23.2 Å². The van der Waals surface area contributed by atoms with E-state index >= 15 is 0 Å². The molecule has 0 amide bonds. The molecule has 0 heterocycles. The molecule has 18 heavy (non-hydrogen) atoms. The van der Waals surface area contributed by atoms with Gasteiger partial charge in [-0.2, -0.15) is 0 Å². The van der Waals surface area contributed by atoms with Crippen molar-refractivity contribution in [1.29, 1.82) is 0 Å². The van der Waals surface area contributed by atoms with E-state index in [4.69, 9.17) is 28.9 Å². The van der Waals surface area contributed by atoms with Gasteiger partial charge in [0.25, 0.3) is 0 Å². The van der Waals surface area contributed by atoms with Gasteiger partial charge in [-0.3, -0.25) is 0 Å². The molecule has 0 aliphatic heterocycles. The number of halogens is 3. The van der Waals surface area contributed by atoms with Crippen LogP contribution in [0.3, 0.4) is 0 Å². The van der Waals surface area contributed by atoms with E-state index in [1.165, 1.54) is 12.1 Å². The number of hydrogen-bond acceptors (Lipinski definition) is 1. The van der Waals surface area contributed by atoms with Gasteiger partial charge < -0.3 is 5.73 Å². The standard InChI is InChI=1S/C14H18Cl2FN/c1-3-14(4-2)9(6-13(14)18)8-5-12(17)11(16)7-10(8)15/h5,7,9,13H,3-4,6,18H2,1-2H3. The Labute approximate surface area is 117 Å². The van der Waals surface area contributed by atoms with Gasteiger partial charge in [0, 0.05) is 11.1 Å². The molecule has 0 spiro atoms. The third-order valence-corrected chi connectivity index (χ3v) is 5.27. The molecular weight excluding hydrogens is 272 g/mol. The van der Waals surface area contributed by atoms with Crippen LogP contribution in [0.25, 0.3) is 0 Å². The summed E-state index contributed by atoms with van der Waals surface area (Å²) < 4.78 is 13.6. The van der Waals surface area contributed by atoms with Gasteiger partial charge in [0.15, 0.2) is 0 Å². The average molecular weight is 290 g/mol. The summed E-state index contributed by atoms with van der Waals surface area (Å²) in [7, 11) is 0. The molecule has 1 aromatic carbocycles. The van der Waals surface area contributed by atoms with E-state index < -0.39 is 5.82 Å². The molecule has 2 rings (SSSR count). The fourth-order valence-electron chi connectivity index (χ4n) is 3.33. The first-order valence-corrected chi connectivity index (χ1v) is 7.11. The molecule has 0 radical (unpaired) electrons. The molecule has 100 valence electrons. The lowest BCUT2D eigenvalue weighted by Crippen LogP contribution is -2.55. The summed E-state index contributed by atoms with van der Waals surface area (Å²) in [5, 5.41) is 0.621. The van der Waals surface area contributed by atoms with Crippen LogP contribution in [-0.4, -0.2) is 6.04 Å². The van der Waals surface area contributed by atoms with E-state index in [0.717, 1.165) is 24.8 Å². The molecule has 1 aliphatic rings. The van der Waals surface area contributed by atoms with Gasteiger partial charge in [-0.05, 0) is 48.3 Å². The van der Waals surface area contributed by atoms with Crippen molar-refractivity contribution in [2.45, 2.75) is 45.1 Å². The lowest BCUT2D eigenvalue weighted by Gasteiger charge is -2.55. The second-order valence-corrected chi connectivity index (χ2v) is 5.94. The predicted molar refractivity (Wildman–Crippen MR) is 74.8 cm³/mol. The Bertz CT molecular complexity index is 457. The van der Waals surface area contributed by atoms with Gasteiger partial charge in [-0.1, -0.05) is 37.0 Å². The van der Waals surface area contributed by atoms with Crippen molar-refractivity contribution in [2.75, 3.05) is 0 Å². The van der Waals surface area contributed by atoms with E-state index in [-0.39, 0.29) is 22.4 Å². The highest BCUT2D eigenvalue weighted by molar-refractivity contribution is 6.35. The van der Waals surface area contributed by atoms with Crippen LogP contribution in [-0.2, 0) is 0 Å². The van der Waals surface area contributed by atoms with Crippen molar-refractivity contribution in [3.8, 4) is 0 Å². The molecule has 1 nitrogen and oxygen atoms in total. The summed E-state index contributed by atoms with van der Waals surface area (Å²) in [6, 6.07) is 3.14. The molecular formula is C14H18Cl2FN. The normalized spacial score (nSPS) is 25.9. The second kappa shape index (κ2) is 4.99. The third-order valence-electron chi connectivity index (χ3n) is 4.65. The maximum Gasteiger partial charge on any atom is 0.142 e. The zero-order valence-electron chi connectivity index (χ0n) is 10.6. The second-order valence-electron chi connectivity index (χ2n) is 5.12. The minimum absolute atomic E-state index is 0.0455. The number of hydrogen-bond donors (Lipinski definition) is 1. The Morgan fingerprint density at radius 2 is 1.89 bits per heavy atom. The molecule has 1 aliphatic carbocycles. The van der Waals surface area contributed by atoms with Gasteiger partial charge in [0.05, 0.1) is 5.02 Å². The van der Waals surface area contributed by atoms with Crippen LogP contribution in [0.2, 0.25) is 10.0 Å². The smallest absolute Gasteiger partial charge is 0.142 e. The van der Waals surface area contributed by atoms with Crippen LogP contribution in [0.5, 0.6) is 0 Å².